The van der Waals surface area contributed by atoms with Crippen LogP contribution < -0.4 is 0 Å². The van der Waals surface area contributed by atoms with Crippen LogP contribution in [0, 0.1) is 0 Å². The van der Waals surface area contributed by atoms with Crippen molar-refractivity contribution in [2.75, 3.05) is 13.2 Å². The van der Waals surface area contributed by atoms with Crippen molar-refractivity contribution in [3.63, 3.8) is 0 Å². The lowest BCUT2D eigenvalue weighted by atomic mass is 10.2. The molecule has 2 aromatic rings. The Balaban J connectivity index is 2.23. The standard InChI is InChI=1S/C21H35F3N4O2Si2/c1-8-17-13-28(16-30-10-12-32(5,6)7)26-19(17)20-25-18(21(22,23)24)14-27(20)15-29-9-11-31(2,3)4/h8,13-14H,1,9-12,15-16H2,2-7H3. The van der Waals surface area contributed by atoms with Gasteiger partial charge in [0.2, 0.25) is 0 Å². The summed E-state index contributed by atoms with van der Waals surface area (Å²) in [7, 11) is -2.52. The van der Waals surface area contributed by atoms with E-state index in [-0.39, 0.29) is 19.3 Å². The van der Waals surface area contributed by atoms with Crippen LogP contribution in [0.15, 0.2) is 19.0 Å². The van der Waals surface area contributed by atoms with Crippen molar-refractivity contribution in [1.82, 2.24) is 19.3 Å². The van der Waals surface area contributed by atoms with E-state index in [0.29, 0.717) is 24.5 Å². The highest BCUT2D eigenvalue weighted by Crippen LogP contribution is 2.32. The highest BCUT2D eigenvalue weighted by molar-refractivity contribution is 6.76. The number of hydrogen-bond donors (Lipinski definition) is 0. The lowest BCUT2D eigenvalue weighted by Crippen LogP contribution is -2.22. The maximum atomic E-state index is 13.4. The van der Waals surface area contributed by atoms with Gasteiger partial charge < -0.3 is 14.0 Å². The van der Waals surface area contributed by atoms with Gasteiger partial charge in [-0.25, -0.2) is 9.67 Å². The van der Waals surface area contributed by atoms with E-state index >= 15 is 0 Å². The quantitative estimate of drug-likeness (QED) is 0.270. The zero-order valence-electron chi connectivity index (χ0n) is 19.9. The van der Waals surface area contributed by atoms with Crippen LogP contribution in [-0.4, -0.2) is 48.7 Å². The molecule has 0 bridgehead atoms. The Hall–Kier alpha value is -1.70. The second-order valence-corrected chi connectivity index (χ2v) is 21.5. The molecule has 2 rings (SSSR count). The molecule has 2 aromatic heterocycles. The molecule has 0 radical (unpaired) electrons. The summed E-state index contributed by atoms with van der Waals surface area (Å²) in [6.45, 7) is 18.5. The summed E-state index contributed by atoms with van der Waals surface area (Å²) in [5.74, 6) is 0.0982. The molecule has 11 heteroatoms. The predicted molar refractivity (Wildman–Crippen MR) is 127 cm³/mol. The first-order valence-electron chi connectivity index (χ1n) is 10.7. The Morgan fingerprint density at radius 2 is 1.53 bits per heavy atom. The lowest BCUT2D eigenvalue weighted by molar-refractivity contribution is -0.141. The van der Waals surface area contributed by atoms with Gasteiger partial charge in [0.25, 0.3) is 0 Å². The molecule has 0 aliphatic carbocycles. The van der Waals surface area contributed by atoms with Crippen LogP contribution in [0.1, 0.15) is 11.3 Å². The first-order valence-corrected chi connectivity index (χ1v) is 18.1. The number of halogens is 3. The molecule has 0 unspecified atom stereocenters. The minimum Gasteiger partial charge on any atom is -0.361 e. The summed E-state index contributed by atoms with van der Waals surface area (Å²) in [5, 5.41) is 4.44. The second kappa shape index (κ2) is 10.5. The topological polar surface area (TPSA) is 54.1 Å². The normalized spacial score (nSPS) is 13.0. The van der Waals surface area contributed by atoms with Crippen LogP contribution in [0.3, 0.4) is 0 Å². The van der Waals surface area contributed by atoms with Gasteiger partial charge in [-0.1, -0.05) is 51.9 Å². The summed E-state index contributed by atoms with van der Waals surface area (Å²) in [6, 6.07) is 1.94. The molecule has 2 heterocycles. The van der Waals surface area contributed by atoms with Crippen LogP contribution in [-0.2, 0) is 29.1 Å². The summed E-state index contributed by atoms with van der Waals surface area (Å²) < 4.78 is 54.4. The zero-order valence-corrected chi connectivity index (χ0v) is 21.9. The molecule has 0 aliphatic heterocycles. The molecule has 0 aliphatic rings. The minimum absolute atomic E-state index is 0.0287. The first kappa shape index (κ1) is 26.6. The molecular formula is C21H35F3N4O2Si2. The molecule has 6 nitrogen and oxygen atoms in total. The van der Waals surface area contributed by atoms with E-state index in [1.165, 1.54) is 4.57 Å². The number of imidazole rings is 1. The van der Waals surface area contributed by atoms with E-state index in [4.69, 9.17) is 9.47 Å². The van der Waals surface area contributed by atoms with Gasteiger partial charge in [-0.05, 0) is 12.1 Å². The molecule has 0 spiro atoms. The fourth-order valence-corrected chi connectivity index (χ4v) is 4.26. The van der Waals surface area contributed by atoms with Crippen LogP contribution in [0.25, 0.3) is 17.6 Å². The molecule has 0 amide bonds. The third kappa shape index (κ3) is 8.34. The van der Waals surface area contributed by atoms with Crippen molar-refractivity contribution in [1.29, 1.82) is 0 Å². The fraction of sp³-hybridized carbons (Fsp3) is 0.619. The largest absolute Gasteiger partial charge is 0.434 e. The molecule has 32 heavy (non-hydrogen) atoms. The van der Waals surface area contributed by atoms with Gasteiger partial charge in [-0.15, -0.1) is 0 Å². The molecule has 0 fully saturated rings. The van der Waals surface area contributed by atoms with Gasteiger partial charge in [0.05, 0.1) is 0 Å². The van der Waals surface area contributed by atoms with E-state index in [1.54, 1.807) is 17.0 Å². The molecule has 0 atom stereocenters. The number of nitrogens with zero attached hydrogens (tertiary/aromatic N) is 4. The van der Waals surface area contributed by atoms with Gasteiger partial charge in [-0.2, -0.15) is 18.3 Å². The molecule has 0 saturated carbocycles. The van der Waals surface area contributed by atoms with Crippen molar-refractivity contribution < 1.29 is 22.6 Å². The van der Waals surface area contributed by atoms with E-state index in [1.807, 2.05) is 0 Å². The summed E-state index contributed by atoms with van der Waals surface area (Å²) >= 11 is 0. The van der Waals surface area contributed by atoms with E-state index in [2.05, 4.69) is 55.9 Å². The number of alkyl halides is 3. The zero-order chi connectivity index (χ0) is 24.2. The van der Waals surface area contributed by atoms with Gasteiger partial charge in [0.15, 0.2) is 11.5 Å². The molecule has 0 aromatic carbocycles. The molecule has 0 saturated heterocycles. The average molecular weight is 489 g/mol. The molecule has 180 valence electrons. The third-order valence-electron chi connectivity index (χ3n) is 4.74. The van der Waals surface area contributed by atoms with E-state index in [9.17, 15) is 13.2 Å². The third-order valence-corrected chi connectivity index (χ3v) is 8.14. The summed E-state index contributed by atoms with van der Waals surface area (Å²) in [4.78, 5) is 3.84. The predicted octanol–water partition coefficient (Wildman–Crippen LogP) is 6.03. The molecular weight excluding hydrogens is 453 g/mol. The van der Waals surface area contributed by atoms with Crippen molar-refractivity contribution in [3.05, 3.63) is 30.2 Å². The van der Waals surface area contributed by atoms with Crippen LogP contribution in [0.2, 0.25) is 51.4 Å². The van der Waals surface area contributed by atoms with Crippen LogP contribution >= 0.6 is 0 Å². The lowest BCUT2D eigenvalue weighted by Gasteiger charge is -2.16. The monoisotopic (exact) mass is 488 g/mol. The SMILES string of the molecule is C=Cc1cn(COCC[Si](C)(C)C)nc1-c1nc(C(F)(F)F)cn1COCC[Si](C)(C)C. The number of hydrogen-bond acceptors (Lipinski definition) is 4. The van der Waals surface area contributed by atoms with Crippen LogP contribution in [0.4, 0.5) is 13.2 Å². The van der Waals surface area contributed by atoms with Gasteiger partial charge >= 0.3 is 6.18 Å². The average Bonchev–Trinajstić information content (AvgIpc) is 3.24. The number of aromatic nitrogens is 4. The maximum absolute atomic E-state index is 13.4. The fourth-order valence-electron chi connectivity index (χ4n) is 2.74. The van der Waals surface area contributed by atoms with Crippen LogP contribution in [0.5, 0.6) is 0 Å². The van der Waals surface area contributed by atoms with Gasteiger partial charge in [0, 0.05) is 47.3 Å². The number of ether oxygens (including phenoxy) is 2. The van der Waals surface area contributed by atoms with Crippen molar-refractivity contribution in [3.8, 4) is 11.5 Å². The Bertz CT molecular complexity index is 896. The van der Waals surface area contributed by atoms with E-state index < -0.39 is 28.0 Å². The Morgan fingerprint density at radius 1 is 0.969 bits per heavy atom. The Morgan fingerprint density at radius 3 is 2.03 bits per heavy atom. The molecule has 0 N–H and O–H groups in total. The summed E-state index contributed by atoms with van der Waals surface area (Å²) in [5.41, 5.74) is -0.0724. The van der Waals surface area contributed by atoms with Gasteiger partial charge in [-0.3, -0.25) is 0 Å². The first-order chi connectivity index (χ1) is 14.7. The van der Waals surface area contributed by atoms with Crippen molar-refractivity contribution >= 4 is 22.2 Å². The number of rotatable bonds is 12. The smallest absolute Gasteiger partial charge is 0.361 e. The highest BCUT2D eigenvalue weighted by Gasteiger charge is 2.35. The second-order valence-electron chi connectivity index (χ2n) is 10.3. The van der Waals surface area contributed by atoms with Crippen molar-refractivity contribution in [2.45, 2.75) is 71.0 Å². The van der Waals surface area contributed by atoms with E-state index in [0.717, 1.165) is 18.3 Å². The maximum Gasteiger partial charge on any atom is 0.434 e. The highest BCUT2D eigenvalue weighted by atomic mass is 28.3. The Labute approximate surface area is 190 Å². The minimum atomic E-state index is -4.56. The van der Waals surface area contributed by atoms with Crippen molar-refractivity contribution in [2.24, 2.45) is 0 Å². The van der Waals surface area contributed by atoms with Gasteiger partial charge in [0.1, 0.15) is 19.2 Å². The summed E-state index contributed by atoms with van der Waals surface area (Å²) in [6.07, 6.45) is -0.330. The Kier molecular flexibility index (Phi) is 8.71.